The van der Waals surface area contributed by atoms with Crippen molar-refractivity contribution in [1.82, 2.24) is 4.90 Å². The summed E-state index contributed by atoms with van der Waals surface area (Å²) in [6.45, 7) is 6.99. The Bertz CT molecular complexity index is 522. The molecule has 22 heavy (non-hydrogen) atoms. The van der Waals surface area contributed by atoms with E-state index in [9.17, 15) is 9.59 Å². The van der Waals surface area contributed by atoms with Crippen molar-refractivity contribution < 1.29 is 19.1 Å². The molecule has 1 aromatic carbocycles. The van der Waals surface area contributed by atoms with E-state index in [0.29, 0.717) is 26.1 Å². The van der Waals surface area contributed by atoms with Crippen LogP contribution in [0.4, 0.5) is 10.5 Å². The van der Waals surface area contributed by atoms with Crippen LogP contribution >= 0.6 is 0 Å². The van der Waals surface area contributed by atoms with Gasteiger partial charge in [-0.2, -0.15) is 0 Å². The summed E-state index contributed by atoms with van der Waals surface area (Å²) in [5.74, 6) is 0. The lowest BCUT2D eigenvalue weighted by Gasteiger charge is -2.34. The average Bonchev–Trinajstić information content (AvgIpc) is 2.47. The Kier molecular flexibility index (Phi) is 5.03. The normalized spacial score (nSPS) is 18.7. The van der Waals surface area contributed by atoms with Gasteiger partial charge in [-0.1, -0.05) is 12.1 Å². The zero-order valence-corrected chi connectivity index (χ0v) is 13.2. The van der Waals surface area contributed by atoms with E-state index in [0.717, 1.165) is 11.3 Å². The molecule has 1 heterocycles. The lowest BCUT2D eigenvalue weighted by molar-refractivity contribution is -0.105. The van der Waals surface area contributed by atoms with E-state index in [1.807, 2.05) is 32.9 Å². The van der Waals surface area contributed by atoms with Gasteiger partial charge in [0.15, 0.2) is 0 Å². The highest BCUT2D eigenvalue weighted by Gasteiger charge is 2.28. The Hall–Kier alpha value is -2.08. The minimum absolute atomic E-state index is 0.188. The summed E-state index contributed by atoms with van der Waals surface area (Å²) < 4.78 is 11.1. The van der Waals surface area contributed by atoms with Gasteiger partial charge in [0.05, 0.1) is 13.2 Å². The van der Waals surface area contributed by atoms with Crippen LogP contribution in [0.5, 0.6) is 0 Å². The highest BCUT2D eigenvalue weighted by atomic mass is 16.6. The van der Waals surface area contributed by atoms with Gasteiger partial charge in [0.25, 0.3) is 0 Å². The number of nitrogens with one attached hydrogen (secondary N) is 1. The first-order valence-electron chi connectivity index (χ1n) is 7.29. The Morgan fingerprint density at radius 3 is 2.64 bits per heavy atom. The maximum atomic E-state index is 12.1. The van der Waals surface area contributed by atoms with E-state index in [1.165, 1.54) is 0 Å². The molecule has 1 aliphatic heterocycles. The molecule has 1 N–H and O–H groups in total. The third-order valence-electron chi connectivity index (χ3n) is 3.23. The second-order valence-electron chi connectivity index (χ2n) is 6.17. The van der Waals surface area contributed by atoms with Gasteiger partial charge in [-0.25, -0.2) is 4.79 Å². The van der Waals surface area contributed by atoms with Gasteiger partial charge in [-0.05, 0) is 38.5 Å². The number of benzene rings is 1. The summed E-state index contributed by atoms with van der Waals surface area (Å²) in [6.07, 6.45) is 0.127. The molecule has 0 bridgehead atoms. The lowest BCUT2D eigenvalue weighted by Crippen LogP contribution is -2.44. The molecular formula is C16H22N2O4. The molecule has 120 valence electrons. The summed E-state index contributed by atoms with van der Waals surface area (Å²) in [4.78, 5) is 24.2. The monoisotopic (exact) mass is 306 g/mol. The van der Waals surface area contributed by atoms with Crippen molar-refractivity contribution in [1.29, 1.82) is 0 Å². The fourth-order valence-corrected chi connectivity index (χ4v) is 2.21. The molecule has 0 radical (unpaired) electrons. The number of carbonyl (C=O) groups is 2. The number of morpholine rings is 1. The standard InChI is InChI=1S/C16H22N2O4/c1-16(2,3)22-15(20)18-8-9-21-14(10-18)12-4-6-13(7-5-12)17-11-19/h4-7,11,14H,8-10H2,1-3H3,(H,17,19). The SMILES string of the molecule is CC(C)(C)OC(=O)N1CCOC(c2ccc(NC=O)cc2)C1. The first-order chi connectivity index (χ1) is 10.4. The molecule has 6 nitrogen and oxygen atoms in total. The van der Waals surface area contributed by atoms with E-state index in [2.05, 4.69) is 5.32 Å². The topological polar surface area (TPSA) is 67.9 Å². The van der Waals surface area contributed by atoms with Crippen molar-refractivity contribution in [3.05, 3.63) is 29.8 Å². The molecule has 1 saturated heterocycles. The van der Waals surface area contributed by atoms with Gasteiger partial charge >= 0.3 is 6.09 Å². The van der Waals surface area contributed by atoms with Crippen molar-refractivity contribution in [2.75, 3.05) is 25.0 Å². The molecule has 6 heteroatoms. The van der Waals surface area contributed by atoms with Gasteiger partial charge < -0.3 is 19.7 Å². The van der Waals surface area contributed by atoms with Crippen LogP contribution in [0.2, 0.25) is 0 Å². The Labute approximate surface area is 130 Å². The second-order valence-corrected chi connectivity index (χ2v) is 6.17. The first-order valence-corrected chi connectivity index (χ1v) is 7.29. The summed E-state index contributed by atoms with van der Waals surface area (Å²) in [5.41, 5.74) is 1.18. The molecular weight excluding hydrogens is 284 g/mol. The molecule has 0 spiro atoms. The molecule has 1 fully saturated rings. The lowest BCUT2D eigenvalue weighted by atomic mass is 10.1. The fraction of sp³-hybridized carbons (Fsp3) is 0.500. The predicted octanol–water partition coefficient (Wildman–Crippen LogP) is 2.56. The number of hydrogen-bond acceptors (Lipinski definition) is 4. The zero-order chi connectivity index (χ0) is 16.2. The maximum absolute atomic E-state index is 12.1. The molecule has 2 rings (SSSR count). The van der Waals surface area contributed by atoms with Crippen LogP contribution in [0, 0.1) is 0 Å². The van der Waals surface area contributed by atoms with Crippen LogP contribution in [-0.4, -0.2) is 42.7 Å². The first kappa shape index (κ1) is 16.3. The highest BCUT2D eigenvalue weighted by Crippen LogP contribution is 2.24. The van der Waals surface area contributed by atoms with Crippen molar-refractivity contribution in [2.24, 2.45) is 0 Å². The van der Waals surface area contributed by atoms with Gasteiger partial charge in [0, 0.05) is 12.2 Å². The summed E-state index contributed by atoms with van der Waals surface area (Å²) in [7, 11) is 0. The van der Waals surface area contributed by atoms with Crippen LogP contribution in [0.3, 0.4) is 0 Å². The molecule has 1 atom stereocenters. The zero-order valence-electron chi connectivity index (χ0n) is 13.2. The Morgan fingerprint density at radius 2 is 2.05 bits per heavy atom. The van der Waals surface area contributed by atoms with E-state index in [4.69, 9.17) is 9.47 Å². The summed E-state index contributed by atoms with van der Waals surface area (Å²) >= 11 is 0. The van der Waals surface area contributed by atoms with Crippen molar-refractivity contribution >= 4 is 18.2 Å². The minimum Gasteiger partial charge on any atom is -0.444 e. The predicted molar refractivity (Wildman–Crippen MR) is 82.6 cm³/mol. The number of anilines is 1. The number of hydrogen-bond donors (Lipinski definition) is 1. The number of amides is 2. The third kappa shape index (κ3) is 4.46. The summed E-state index contributed by atoms with van der Waals surface area (Å²) in [5, 5.41) is 2.58. The van der Waals surface area contributed by atoms with Crippen LogP contribution in [0.15, 0.2) is 24.3 Å². The number of rotatable bonds is 3. The summed E-state index contributed by atoms with van der Waals surface area (Å²) in [6, 6.07) is 7.38. The molecule has 1 aliphatic rings. The number of nitrogens with zero attached hydrogens (tertiary/aromatic N) is 1. The Balaban J connectivity index is 2.00. The van der Waals surface area contributed by atoms with Gasteiger partial charge in [-0.3, -0.25) is 4.79 Å². The Morgan fingerprint density at radius 1 is 1.36 bits per heavy atom. The van der Waals surface area contributed by atoms with E-state index >= 15 is 0 Å². The minimum atomic E-state index is -0.507. The van der Waals surface area contributed by atoms with Gasteiger partial charge in [-0.15, -0.1) is 0 Å². The molecule has 1 aromatic rings. The molecule has 1 unspecified atom stereocenters. The van der Waals surface area contributed by atoms with Crippen LogP contribution in [0.25, 0.3) is 0 Å². The molecule has 0 aromatic heterocycles. The van der Waals surface area contributed by atoms with E-state index in [1.54, 1.807) is 17.0 Å². The quantitative estimate of drug-likeness (QED) is 0.872. The molecule has 0 aliphatic carbocycles. The van der Waals surface area contributed by atoms with Crippen molar-refractivity contribution in [3.63, 3.8) is 0 Å². The maximum Gasteiger partial charge on any atom is 0.410 e. The van der Waals surface area contributed by atoms with Crippen LogP contribution < -0.4 is 5.32 Å². The van der Waals surface area contributed by atoms with Crippen molar-refractivity contribution in [3.8, 4) is 0 Å². The number of ether oxygens (including phenoxy) is 2. The average molecular weight is 306 g/mol. The largest absolute Gasteiger partial charge is 0.444 e. The van der Waals surface area contributed by atoms with E-state index < -0.39 is 5.60 Å². The van der Waals surface area contributed by atoms with Gasteiger partial charge in [0.2, 0.25) is 6.41 Å². The molecule has 2 amide bonds. The highest BCUT2D eigenvalue weighted by molar-refractivity contribution is 5.71. The smallest absolute Gasteiger partial charge is 0.410 e. The second kappa shape index (κ2) is 6.79. The fourth-order valence-electron chi connectivity index (χ4n) is 2.21. The number of carbonyl (C=O) groups excluding carboxylic acids is 2. The van der Waals surface area contributed by atoms with Crippen LogP contribution in [0.1, 0.15) is 32.4 Å². The van der Waals surface area contributed by atoms with Crippen molar-refractivity contribution in [2.45, 2.75) is 32.5 Å². The third-order valence-corrected chi connectivity index (χ3v) is 3.23. The van der Waals surface area contributed by atoms with E-state index in [-0.39, 0.29) is 12.2 Å². The molecule has 0 saturated carbocycles. The van der Waals surface area contributed by atoms with Gasteiger partial charge in [0.1, 0.15) is 11.7 Å². The van der Waals surface area contributed by atoms with Crippen LogP contribution in [-0.2, 0) is 14.3 Å².